The van der Waals surface area contributed by atoms with E-state index in [2.05, 4.69) is 6.92 Å². The van der Waals surface area contributed by atoms with E-state index in [1.54, 1.807) is 9.80 Å². The second-order valence-corrected chi connectivity index (χ2v) is 9.75. The van der Waals surface area contributed by atoms with Crippen molar-refractivity contribution in [1.82, 2.24) is 9.80 Å². The lowest BCUT2D eigenvalue weighted by Gasteiger charge is -2.32. The van der Waals surface area contributed by atoms with Crippen LogP contribution in [0.4, 0.5) is 4.79 Å². The van der Waals surface area contributed by atoms with Crippen LogP contribution in [0.2, 0.25) is 0 Å². The number of carbonyl (C=O) groups excluding carboxylic acids is 3. The Labute approximate surface area is 196 Å². The number of rotatable bonds is 8. The van der Waals surface area contributed by atoms with Gasteiger partial charge in [-0.3, -0.25) is 4.79 Å². The summed E-state index contributed by atoms with van der Waals surface area (Å²) in [4.78, 5) is 42.8. The minimum absolute atomic E-state index is 0.0000747. The molecule has 0 N–H and O–H groups in total. The normalized spacial score (nSPS) is 24.0. The highest BCUT2D eigenvalue weighted by molar-refractivity contribution is 5.91. The molecule has 0 unspecified atom stereocenters. The van der Waals surface area contributed by atoms with Crippen LogP contribution in [-0.2, 0) is 25.7 Å². The summed E-state index contributed by atoms with van der Waals surface area (Å²) < 4.78 is 11.1. The average molecular weight is 457 g/mol. The molecule has 0 aromatic heterocycles. The summed E-state index contributed by atoms with van der Waals surface area (Å²) in [5, 5.41) is 0. The molecule has 1 spiro atoms. The van der Waals surface area contributed by atoms with Gasteiger partial charge in [0.25, 0.3) is 0 Å². The van der Waals surface area contributed by atoms with Gasteiger partial charge in [0, 0.05) is 19.6 Å². The van der Waals surface area contributed by atoms with Crippen molar-refractivity contribution in [3.8, 4) is 0 Å². The Bertz CT molecular complexity index is 838. The summed E-state index contributed by atoms with van der Waals surface area (Å²) in [6.45, 7) is 4.12. The summed E-state index contributed by atoms with van der Waals surface area (Å²) in [5.41, 5.74) is 0.341. The lowest BCUT2D eigenvalue weighted by molar-refractivity contribution is -0.159. The van der Waals surface area contributed by atoms with Gasteiger partial charge in [0.05, 0.1) is 12.0 Å². The molecule has 0 bridgehead atoms. The zero-order chi connectivity index (χ0) is 23.3. The largest absolute Gasteiger partial charge is 0.459 e. The molecule has 1 aromatic rings. The molecule has 2 saturated heterocycles. The molecule has 3 aliphatic rings. The minimum atomic E-state index is -0.597. The van der Waals surface area contributed by atoms with Crippen LogP contribution in [-0.4, -0.2) is 60.1 Å². The van der Waals surface area contributed by atoms with E-state index in [1.165, 1.54) is 0 Å². The van der Waals surface area contributed by atoms with Crippen molar-refractivity contribution in [2.24, 2.45) is 11.3 Å². The van der Waals surface area contributed by atoms with Gasteiger partial charge in [-0.25, -0.2) is 9.59 Å². The lowest BCUT2D eigenvalue weighted by Crippen LogP contribution is -2.49. The molecule has 2 aliphatic heterocycles. The zero-order valence-electron chi connectivity index (χ0n) is 19.7. The quantitative estimate of drug-likeness (QED) is 0.434. The Kier molecular flexibility index (Phi) is 7.56. The molecule has 33 heavy (non-hydrogen) atoms. The van der Waals surface area contributed by atoms with Crippen molar-refractivity contribution in [3.05, 3.63) is 35.9 Å². The molecule has 2 heterocycles. The Hall–Kier alpha value is -2.57. The predicted molar refractivity (Wildman–Crippen MR) is 123 cm³/mol. The van der Waals surface area contributed by atoms with Gasteiger partial charge in [-0.05, 0) is 43.6 Å². The monoisotopic (exact) mass is 456 g/mol. The van der Waals surface area contributed by atoms with Gasteiger partial charge in [0.1, 0.15) is 12.6 Å². The minimum Gasteiger partial charge on any atom is -0.459 e. The first kappa shape index (κ1) is 23.6. The maximum Gasteiger partial charge on any atom is 0.409 e. The molecule has 1 aromatic carbocycles. The third-order valence-electron chi connectivity index (χ3n) is 7.53. The highest BCUT2D eigenvalue weighted by Gasteiger charge is 2.55. The van der Waals surface area contributed by atoms with E-state index in [0.29, 0.717) is 39.1 Å². The van der Waals surface area contributed by atoms with Crippen LogP contribution >= 0.6 is 0 Å². The van der Waals surface area contributed by atoms with E-state index >= 15 is 0 Å². The number of amides is 2. The lowest BCUT2D eigenvalue weighted by atomic mass is 9.85. The van der Waals surface area contributed by atoms with Crippen LogP contribution in [0.15, 0.2) is 30.3 Å². The number of unbranched alkanes of at least 4 members (excludes halogenated alkanes) is 1. The van der Waals surface area contributed by atoms with Crippen molar-refractivity contribution >= 4 is 18.0 Å². The standard InChI is InChI=1S/C26H36N2O5/c1-2-3-17-32-25(31)27-15-13-26(19-27)14-16-28(24(26)30)22(21-11-7-8-12-21)23(29)33-18-20-9-5-4-6-10-20/h4-6,9-10,21-22H,2-3,7-8,11-19H2,1H3/t22-,26-/m0/s1. The van der Waals surface area contributed by atoms with Gasteiger partial charge < -0.3 is 19.3 Å². The highest BCUT2D eigenvalue weighted by Crippen LogP contribution is 2.44. The van der Waals surface area contributed by atoms with E-state index in [9.17, 15) is 14.4 Å². The van der Waals surface area contributed by atoms with Gasteiger partial charge in [0.15, 0.2) is 0 Å². The SMILES string of the molecule is CCCCOC(=O)N1CC[C@]2(CCN([C@H](C(=O)OCc3ccccc3)C3CCCC3)C2=O)C1. The number of carbonyl (C=O) groups is 3. The van der Waals surface area contributed by atoms with Crippen molar-refractivity contribution in [2.45, 2.75) is 70.9 Å². The zero-order valence-corrected chi connectivity index (χ0v) is 19.7. The molecule has 4 rings (SSSR count). The molecular weight excluding hydrogens is 420 g/mol. The molecule has 2 amide bonds. The molecule has 1 aliphatic carbocycles. The molecule has 1 saturated carbocycles. The van der Waals surface area contributed by atoms with Crippen LogP contribution in [0.5, 0.6) is 0 Å². The third-order valence-corrected chi connectivity index (χ3v) is 7.53. The van der Waals surface area contributed by atoms with Crippen LogP contribution < -0.4 is 0 Å². The number of hydrogen-bond donors (Lipinski definition) is 0. The topological polar surface area (TPSA) is 76.2 Å². The Morgan fingerprint density at radius 3 is 2.55 bits per heavy atom. The first-order valence-corrected chi connectivity index (χ1v) is 12.5. The number of nitrogens with zero attached hydrogens (tertiary/aromatic N) is 2. The molecule has 3 fully saturated rings. The second kappa shape index (κ2) is 10.6. The highest BCUT2D eigenvalue weighted by atomic mass is 16.6. The third kappa shape index (κ3) is 5.17. The number of hydrogen-bond acceptors (Lipinski definition) is 5. The number of ether oxygens (including phenoxy) is 2. The first-order chi connectivity index (χ1) is 16.0. The fraction of sp³-hybridized carbons (Fsp3) is 0.654. The van der Waals surface area contributed by atoms with Gasteiger partial charge in [-0.15, -0.1) is 0 Å². The molecular formula is C26H36N2O5. The van der Waals surface area contributed by atoms with Crippen LogP contribution in [0.25, 0.3) is 0 Å². The average Bonchev–Trinajstić information content (AvgIpc) is 3.57. The summed E-state index contributed by atoms with van der Waals surface area (Å²) >= 11 is 0. The van der Waals surface area contributed by atoms with Crippen LogP contribution in [0.1, 0.15) is 63.9 Å². The fourth-order valence-corrected chi connectivity index (χ4v) is 5.58. The maximum atomic E-state index is 13.7. The van der Waals surface area contributed by atoms with E-state index in [-0.39, 0.29) is 30.5 Å². The van der Waals surface area contributed by atoms with Gasteiger partial charge in [-0.2, -0.15) is 0 Å². The Morgan fingerprint density at radius 2 is 1.82 bits per heavy atom. The van der Waals surface area contributed by atoms with Crippen LogP contribution in [0.3, 0.4) is 0 Å². The van der Waals surface area contributed by atoms with E-state index in [0.717, 1.165) is 44.1 Å². The Morgan fingerprint density at radius 1 is 1.09 bits per heavy atom. The predicted octanol–water partition coefficient (Wildman–Crippen LogP) is 4.15. The van der Waals surface area contributed by atoms with Gasteiger partial charge >= 0.3 is 12.1 Å². The number of esters is 1. The second-order valence-electron chi connectivity index (χ2n) is 9.75. The molecule has 0 radical (unpaired) electrons. The molecule has 7 heteroatoms. The maximum absolute atomic E-state index is 13.7. The molecule has 7 nitrogen and oxygen atoms in total. The van der Waals surface area contributed by atoms with Gasteiger partial charge in [0.2, 0.25) is 5.91 Å². The van der Waals surface area contributed by atoms with E-state index < -0.39 is 11.5 Å². The molecule has 2 atom stereocenters. The smallest absolute Gasteiger partial charge is 0.409 e. The summed E-state index contributed by atoms with van der Waals surface area (Å²) in [6.07, 6.45) is 6.81. The van der Waals surface area contributed by atoms with Crippen LogP contribution in [0, 0.1) is 11.3 Å². The van der Waals surface area contributed by atoms with Crippen molar-refractivity contribution in [2.75, 3.05) is 26.2 Å². The van der Waals surface area contributed by atoms with Crippen molar-refractivity contribution < 1.29 is 23.9 Å². The Balaban J connectivity index is 1.42. The van der Waals surface area contributed by atoms with Crippen molar-refractivity contribution in [3.63, 3.8) is 0 Å². The first-order valence-electron chi connectivity index (χ1n) is 12.5. The van der Waals surface area contributed by atoms with E-state index in [4.69, 9.17) is 9.47 Å². The summed E-state index contributed by atoms with van der Waals surface area (Å²) in [6, 6.07) is 9.10. The number of benzene rings is 1. The fourth-order valence-electron chi connectivity index (χ4n) is 5.58. The van der Waals surface area contributed by atoms with Crippen molar-refractivity contribution in [1.29, 1.82) is 0 Å². The van der Waals surface area contributed by atoms with E-state index in [1.807, 2.05) is 30.3 Å². The number of likely N-dealkylation sites (tertiary alicyclic amines) is 2. The molecule has 180 valence electrons. The summed E-state index contributed by atoms with van der Waals surface area (Å²) in [7, 11) is 0. The summed E-state index contributed by atoms with van der Waals surface area (Å²) in [5.74, 6) is -0.159. The van der Waals surface area contributed by atoms with Gasteiger partial charge in [-0.1, -0.05) is 56.5 Å².